The lowest BCUT2D eigenvalue weighted by Crippen LogP contribution is -2.42. The van der Waals surface area contributed by atoms with E-state index < -0.39 is 11.7 Å². The van der Waals surface area contributed by atoms with Crippen molar-refractivity contribution in [1.82, 2.24) is 5.32 Å². The first-order chi connectivity index (χ1) is 6.76. The zero-order valence-electron chi connectivity index (χ0n) is 9.94. The highest BCUT2D eigenvalue weighted by atomic mass is 16.6. The van der Waals surface area contributed by atoms with Gasteiger partial charge in [0.1, 0.15) is 5.60 Å². The Morgan fingerprint density at radius 2 is 2.00 bits per heavy atom. The van der Waals surface area contributed by atoms with Gasteiger partial charge in [0.15, 0.2) is 0 Å². The fraction of sp³-hybridized carbons (Fsp3) is 0.800. The van der Waals surface area contributed by atoms with E-state index in [0.717, 1.165) is 0 Å². The topological polar surface area (TPSA) is 70.9 Å². The van der Waals surface area contributed by atoms with Crippen molar-refractivity contribution in [2.75, 3.05) is 0 Å². The monoisotopic (exact) mass is 216 g/mol. The van der Waals surface area contributed by atoms with Gasteiger partial charge >= 0.3 is 6.09 Å². The fourth-order valence-electron chi connectivity index (χ4n) is 0.892. The van der Waals surface area contributed by atoms with Crippen LogP contribution < -0.4 is 5.32 Å². The molecule has 0 aliphatic rings. The number of oxime groups is 1. The minimum absolute atomic E-state index is 0.133. The van der Waals surface area contributed by atoms with Crippen molar-refractivity contribution < 1.29 is 14.7 Å². The Hall–Kier alpha value is -1.26. The second kappa shape index (κ2) is 5.58. The number of hydrogen-bond acceptors (Lipinski definition) is 4. The zero-order chi connectivity index (χ0) is 12.1. The predicted octanol–water partition coefficient (Wildman–Crippen LogP) is 2.00. The van der Waals surface area contributed by atoms with Crippen molar-refractivity contribution in [2.24, 2.45) is 11.1 Å². The van der Waals surface area contributed by atoms with Crippen LogP contribution in [-0.4, -0.2) is 29.2 Å². The van der Waals surface area contributed by atoms with Gasteiger partial charge in [-0.1, -0.05) is 19.0 Å². The van der Waals surface area contributed by atoms with E-state index in [4.69, 9.17) is 9.94 Å². The third-order valence-corrected chi connectivity index (χ3v) is 1.63. The van der Waals surface area contributed by atoms with Crippen LogP contribution in [0.4, 0.5) is 4.79 Å². The molecule has 1 unspecified atom stereocenters. The molecular weight excluding hydrogens is 196 g/mol. The standard InChI is InChI=1S/C10H20N2O3/c1-7(2)8(6-11-14)12-9(13)15-10(3,4)5/h6-8,14H,1-5H3,(H,12,13). The average molecular weight is 216 g/mol. The highest BCUT2D eigenvalue weighted by molar-refractivity contribution is 5.75. The van der Waals surface area contributed by atoms with Crippen LogP contribution in [0.5, 0.6) is 0 Å². The summed E-state index contributed by atoms with van der Waals surface area (Å²) in [5, 5.41) is 13.9. The van der Waals surface area contributed by atoms with Crippen LogP contribution in [0.1, 0.15) is 34.6 Å². The highest BCUT2D eigenvalue weighted by Gasteiger charge is 2.20. The van der Waals surface area contributed by atoms with E-state index in [9.17, 15) is 4.79 Å². The molecule has 5 heteroatoms. The molecule has 0 spiro atoms. The molecule has 0 heterocycles. The molecule has 0 aromatic carbocycles. The van der Waals surface area contributed by atoms with E-state index in [1.54, 1.807) is 20.8 Å². The maximum Gasteiger partial charge on any atom is 0.408 e. The van der Waals surface area contributed by atoms with Gasteiger partial charge in [0.2, 0.25) is 0 Å². The second-order valence-electron chi connectivity index (χ2n) is 4.68. The second-order valence-corrected chi connectivity index (χ2v) is 4.68. The number of ether oxygens (including phenoxy) is 1. The summed E-state index contributed by atoms with van der Waals surface area (Å²) in [6, 6.07) is -0.329. The maximum atomic E-state index is 11.4. The Morgan fingerprint density at radius 3 is 2.33 bits per heavy atom. The minimum Gasteiger partial charge on any atom is -0.444 e. The number of hydrogen-bond donors (Lipinski definition) is 2. The van der Waals surface area contributed by atoms with Gasteiger partial charge in [-0.25, -0.2) is 4.79 Å². The molecule has 0 bridgehead atoms. The van der Waals surface area contributed by atoms with Crippen LogP contribution >= 0.6 is 0 Å². The molecule has 0 rings (SSSR count). The number of nitrogens with zero attached hydrogens (tertiary/aromatic N) is 1. The summed E-state index contributed by atoms with van der Waals surface area (Å²) >= 11 is 0. The molecule has 0 aliphatic heterocycles. The van der Waals surface area contributed by atoms with Gasteiger partial charge in [-0.2, -0.15) is 0 Å². The van der Waals surface area contributed by atoms with Crippen LogP contribution in [-0.2, 0) is 4.74 Å². The summed E-state index contributed by atoms with van der Waals surface area (Å²) in [6.07, 6.45) is 0.760. The first-order valence-corrected chi connectivity index (χ1v) is 4.93. The van der Waals surface area contributed by atoms with Gasteiger partial charge in [-0.3, -0.25) is 0 Å². The molecule has 0 aromatic heterocycles. The number of carbonyl (C=O) groups excluding carboxylic acids is 1. The number of amides is 1. The SMILES string of the molecule is CC(C)C(C=NO)NC(=O)OC(C)(C)C. The van der Waals surface area contributed by atoms with E-state index in [2.05, 4.69) is 10.5 Å². The third kappa shape index (κ3) is 6.76. The van der Waals surface area contributed by atoms with Gasteiger partial charge in [0.05, 0.1) is 12.3 Å². The molecular formula is C10H20N2O3. The maximum absolute atomic E-state index is 11.4. The van der Waals surface area contributed by atoms with Crippen molar-refractivity contribution in [3.05, 3.63) is 0 Å². The first kappa shape index (κ1) is 13.7. The average Bonchev–Trinajstić information content (AvgIpc) is 1.99. The molecule has 0 fully saturated rings. The summed E-state index contributed by atoms with van der Waals surface area (Å²) in [4.78, 5) is 11.4. The number of rotatable bonds is 3. The number of carbonyl (C=O) groups is 1. The van der Waals surface area contributed by atoms with Gasteiger partial charge in [0, 0.05) is 0 Å². The lowest BCUT2D eigenvalue weighted by atomic mass is 10.1. The van der Waals surface area contributed by atoms with E-state index in [1.807, 2.05) is 13.8 Å². The van der Waals surface area contributed by atoms with E-state index in [0.29, 0.717) is 0 Å². The molecule has 88 valence electrons. The lowest BCUT2D eigenvalue weighted by molar-refractivity contribution is 0.0509. The third-order valence-electron chi connectivity index (χ3n) is 1.63. The van der Waals surface area contributed by atoms with Crippen molar-refractivity contribution in [1.29, 1.82) is 0 Å². The summed E-state index contributed by atoms with van der Waals surface area (Å²) in [5.41, 5.74) is -0.526. The Balaban J connectivity index is 4.24. The van der Waals surface area contributed by atoms with E-state index in [1.165, 1.54) is 6.21 Å². The van der Waals surface area contributed by atoms with Crippen LogP contribution in [0.25, 0.3) is 0 Å². The zero-order valence-corrected chi connectivity index (χ0v) is 9.94. The van der Waals surface area contributed by atoms with Crippen molar-refractivity contribution >= 4 is 12.3 Å². The van der Waals surface area contributed by atoms with Crippen molar-refractivity contribution in [2.45, 2.75) is 46.3 Å². The van der Waals surface area contributed by atoms with E-state index in [-0.39, 0.29) is 12.0 Å². The minimum atomic E-state index is -0.526. The van der Waals surface area contributed by atoms with Crippen LogP contribution in [0.2, 0.25) is 0 Å². The molecule has 0 saturated heterocycles. The summed E-state index contributed by atoms with van der Waals surface area (Å²) < 4.78 is 5.07. The lowest BCUT2D eigenvalue weighted by Gasteiger charge is -2.23. The Morgan fingerprint density at radius 1 is 1.47 bits per heavy atom. The summed E-state index contributed by atoms with van der Waals surface area (Å²) in [5.74, 6) is 0.133. The number of nitrogens with one attached hydrogen (secondary N) is 1. The molecule has 0 aliphatic carbocycles. The molecule has 0 saturated carbocycles. The Bertz CT molecular complexity index is 231. The van der Waals surface area contributed by atoms with E-state index >= 15 is 0 Å². The first-order valence-electron chi connectivity index (χ1n) is 4.93. The normalized spacial score (nSPS) is 14.3. The molecule has 0 aromatic rings. The molecule has 15 heavy (non-hydrogen) atoms. The Labute approximate surface area is 90.5 Å². The molecule has 2 N–H and O–H groups in total. The predicted molar refractivity (Wildman–Crippen MR) is 58.3 cm³/mol. The summed E-state index contributed by atoms with van der Waals surface area (Å²) in [6.45, 7) is 9.18. The highest BCUT2D eigenvalue weighted by Crippen LogP contribution is 2.07. The molecule has 0 radical (unpaired) electrons. The Kier molecular flexibility index (Phi) is 5.11. The van der Waals surface area contributed by atoms with Gasteiger partial charge in [0.25, 0.3) is 0 Å². The van der Waals surface area contributed by atoms with Crippen LogP contribution in [0.15, 0.2) is 5.16 Å². The fourth-order valence-corrected chi connectivity index (χ4v) is 0.892. The molecule has 1 atom stereocenters. The molecule has 5 nitrogen and oxygen atoms in total. The quantitative estimate of drug-likeness (QED) is 0.430. The van der Waals surface area contributed by atoms with Crippen molar-refractivity contribution in [3.63, 3.8) is 0 Å². The van der Waals surface area contributed by atoms with Gasteiger partial charge in [-0.15, -0.1) is 0 Å². The molecule has 1 amide bonds. The number of alkyl carbamates (subject to hydrolysis) is 1. The van der Waals surface area contributed by atoms with Gasteiger partial charge in [-0.05, 0) is 26.7 Å². The van der Waals surface area contributed by atoms with Gasteiger partial charge < -0.3 is 15.3 Å². The largest absolute Gasteiger partial charge is 0.444 e. The summed E-state index contributed by atoms with van der Waals surface area (Å²) in [7, 11) is 0. The van der Waals surface area contributed by atoms with Crippen LogP contribution in [0, 0.1) is 5.92 Å². The smallest absolute Gasteiger partial charge is 0.408 e. The van der Waals surface area contributed by atoms with Crippen LogP contribution in [0.3, 0.4) is 0 Å². The van der Waals surface area contributed by atoms with Crippen molar-refractivity contribution in [3.8, 4) is 0 Å².